The van der Waals surface area contributed by atoms with Crippen LogP contribution < -0.4 is 4.74 Å². The van der Waals surface area contributed by atoms with Crippen molar-refractivity contribution in [2.24, 2.45) is 5.92 Å². The Hall–Kier alpha value is -2.39. The van der Waals surface area contributed by atoms with E-state index in [1.807, 2.05) is 24.3 Å². The van der Waals surface area contributed by atoms with Gasteiger partial charge in [0.1, 0.15) is 16.8 Å². The number of esters is 1. The molecule has 1 aromatic heterocycles. The van der Waals surface area contributed by atoms with E-state index in [2.05, 4.69) is 15.0 Å². The van der Waals surface area contributed by atoms with Crippen molar-refractivity contribution >= 4 is 23.6 Å². The molecule has 29 heavy (non-hydrogen) atoms. The van der Waals surface area contributed by atoms with Gasteiger partial charge < -0.3 is 9.47 Å². The zero-order valence-electron chi connectivity index (χ0n) is 16.7. The van der Waals surface area contributed by atoms with Crippen LogP contribution in [0.25, 0.3) is 0 Å². The number of aromatic nitrogens is 3. The third kappa shape index (κ3) is 3.76. The molecule has 0 N–H and O–H groups in total. The number of nitrogens with zero attached hydrogens (tertiary/aromatic N) is 4. The molecule has 2 aromatic rings. The average molecular weight is 417 g/mol. The molecular weight excluding hydrogens is 392 g/mol. The fraction of sp³-hybridized carbons (Fsp3) is 0.500. The van der Waals surface area contributed by atoms with Gasteiger partial charge in [0.25, 0.3) is 5.91 Å². The lowest BCUT2D eigenvalue weighted by molar-refractivity contribution is -0.147. The van der Waals surface area contributed by atoms with Crippen LogP contribution in [0, 0.1) is 12.8 Å². The highest BCUT2D eigenvalue weighted by Crippen LogP contribution is 2.42. The first-order valence-corrected chi connectivity index (χ1v) is 10.5. The van der Waals surface area contributed by atoms with Crippen LogP contribution in [0.1, 0.15) is 35.1 Å². The minimum Gasteiger partial charge on any atom is -0.497 e. The Kier molecular flexibility index (Phi) is 5.60. The Balaban J connectivity index is 1.61. The van der Waals surface area contributed by atoms with E-state index in [0.29, 0.717) is 23.8 Å². The zero-order valence-corrected chi connectivity index (χ0v) is 17.5. The van der Waals surface area contributed by atoms with E-state index in [1.54, 1.807) is 14.0 Å². The number of methoxy groups -OCH3 is 2. The molecule has 0 radical (unpaired) electrons. The van der Waals surface area contributed by atoms with E-state index >= 15 is 0 Å². The first-order chi connectivity index (χ1) is 14.0. The van der Waals surface area contributed by atoms with Crippen molar-refractivity contribution in [1.82, 2.24) is 19.7 Å². The summed E-state index contributed by atoms with van der Waals surface area (Å²) >= 11 is 1.46. The van der Waals surface area contributed by atoms with Crippen LogP contribution in [-0.4, -0.2) is 64.1 Å². The Labute approximate surface area is 173 Å². The summed E-state index contributed by atoms with van der Waals surface area (Å²) in [5.41, 5.74) is 1.04. The number of likely N-dealkylation sites (tertiary alicyclic amines) is 1. The summed E-state index contributed by atoms with van der Waals surface area (Å²) < 4.78 is 11.6. The lowest BCUT2D eigenvalue weighted by Crippen LogP contribution is -2.44. The van der Waals surface area contributed by atoms with E-state index in [9.17, 15) is 9.59 Å². The number of benzene rings is 1. The van der Waals surface area contributed by atoms with E-state index < -0.39 is 0 Å². The van der Waals surface area contributed by atoms with E-state index in [4.69, 9.17) is 9.47 Å². The number of piperidine rings is 1. The molecule has 2 unspecified atom stereocenters. The largest absolute Gasteiger partial charge is 0.497 e. The van der Waals surface area contributed by atoms with Crippen LogP contribution in [0.15, 0.2) is 29.4 Å². The number of hydrogen-bond acceptors (Lipinski definition) is 8. The Morgan fingerprint density at radius 1 is 1.21 bits per heavy atom. The topological polar surface area (TPSA) is 86.5 Å². The Morgan fingerprint density at radius 3 is 2.48 bits per heavy atom. The normalized spacial score (nSPS) is 21.1. The molecule has 9 heteroatoms. The molecule has 2 aliphatic heterocycles. The summed E-state index contributed by atoms with van der Waals surface area (Å²) in [6, 6.07) is 7.69. The minimum atomic E-state index is -0.339. The lowest BCUT2D eigenvalue weighted by atomic mass is 9.93. The number of hydrogen-bond donors (Lipinski definition) is 0. The maximum atomic E-state index is 13.1. The molecule has 8 nitrogen and oxygen atoms in total. The molecule has 4 rings (SSSR count). The van der Waals surface area contributed by atoms with Gasteiger partial charge in [-0.1, -0.05) is 23.9 Å². The van der Waals surface area contributed by atoms with Gasteiger partial charge in [-0.2, -0.15) is 4.68 Å². The highest BCUT2D eigenvalue weighted by Gasteiger charge is 2.44. The smallest absolute Gasteiger partial charge is 0.308 e. The van der Waals surface area contributed by atoms with Crippen molar-refractivity contribution in [2.75, 3.05) is 27.3 Å². The van der Waals surface area contributed by atoms with Gasteiger partial charge in [0.05, 0.1) is 26.2 Å². The van der Waals surface area contributed by atoms with Gasteiger partial charge in [0, 0.05) is 0 Å². The molecule has 1 aromatic carbocycles. The van der Waals surface area contributed by atoms with Crippen molar-refractivity contribution in [1.29, 1.82) is 0 Å². The van der Waals surface area contributed by atoms with Gasteiger partial charge in [-0.15, -0.1) is 5.10 Å². The Morgan fingerprint density at radius 2 is 1.90 bits per heavy atom. The predicted molar refractivity (Wildman–Crippen MR) is 107 cm³/mol. The van der Waals surface area contributed by atoms with Gasteiger partial charge in [-0.3, -0.25) is 14.5 Å². The SMILES string of the molecule is COC(=O)C1CCN(C(c2ccc(OC)cc2)C2Sc3nc(C)nn3C2=O)CC1. The maximum absolute atomic E-state index is 13.1. The van der Waals surface area contributed by atoms with Gasteiger partial charge in [0.2, 0.25) is 0 Å². The van der Waals surface area contributed by atoms with Crippen molar-refractivity contribution < 1.29 is 19.1 Å². The predicted octanol–water partition coefficient (Wildman–Crippen LogP) is 2.34. The molecule has 0 saturated carbocycles. The zero-order chi connectivity index (χ0) is 20.5. The molecule has 0 amide bonds. The van der Waals surface area contributed by atoms with Crippen LogP contribution in [-0.2, 0) is 9.53 Å². The second-order valence-electron chi connectivity index (χ2n) is 7.28. The summed E-state index contributed by atoms with van der Waals surface area (Å²) in [5.74, 6) is 1.07. The molecule has 2 aliphatic rings. The summed E-state index contributed by atoms with van der Waals surface area (Å²) in [6.07, 6.45) is 1.43. The number of aryl methyl sites for hydroxylation is 1. The summed E-state index contributed by atoms with van der Waals surface area (Å²) in [7, 11) is 3.06. The van der Waals surface area contributed by atoms with Gasteiger partial charge in [-0.05, 0) is 50.6 Å². The Bertz CT molecular complexity index is 906. The molecule has 154 valence electrons. The van der Waals surface area contributed by atoms with Gasteiger partial charge in [0.15, 0.2) is 5.16 Å². The molecular formula is C20H24N4O4S. The van der Waals surface area contributed by atoms with Gasteiger partial charge >= 0.3 is 5.97 Å². The number of rotatable bonds is 5. The standard InChI is InChI=1S/C20H24N4O4S/c1-12-21-20-24(22-12)18(25)17(29-20)16(13-4-6-15(27-2)7-5-13)23-10-8-14(9-11-23)19(26)28-3/h4-7,14,16-17H,8-11H2,1-3H3. The average Bonchev–Trinajstić information content (AvgIpc) is 3.26. The van der Waals surface area contributed by atoms with Crippen molar-refractivity contribution in [3.05, 3.63) is 35.7 Å². The number of carbonyl (C=O) groups is 2. The van der Waals surface area contributed by atoms with Crippen LogP contribution in [0.3, 0.4) is 0 Å². The third-order valence-corrected chi connectivity index (χ3v) is 6.76. The van der Waals surface area contributed by atoms with Crippen molar-refractivity contribution in [2.45, 2.75) is 36.2 Å². The summed E-state index contributed by atoms with van der Waals surface area (Å²) in [4.78, 5) is 31.7. The minimum absolute atomic E-state index is 0.0542. The fourth-order valence-corrected chi connectivity index (χ4v) is 5.36. The fourth-order valence-electron chi connectivity index (χ4n) is 4.06. The number of ether oxygens (including phenoxy) is 2. The van der Waals surface area contributed by atoms with Crippen LogP contribution in [0.2, 0.25) is 0 Å². The highest BCUT2D eigenvalue weighted by atomic mass is 32.2. The number of fused-ring (bicyclic) bond motifs is 1. The summed E-state index contributed by atoms with van der Waals surface area (Å²) in [5, 5.41) is 4.55. The molecule has 2 atom stereocenters. The van der Waals surface area contributed by atoms with E-state index in [-0.39, 0.29) is 29.1 Å². The monoisotopic (exact) mass is 416 g/mol. The molecule has 0 bridgehead atoms. The quantitative estimate of drug-likeness (QED) is 0.687. The molecule has 1 fully saturated rings. The van der Waals surface area contributed by atoms with Crippen LogP contribution >= 0.6 is 11.8 Å². The summed E-state index contributed by atoms with van der Waals surface area (Å²) in [6.45, 7) is 3.22. The first-order valence-electron chi connectivity index (χ1n) is 9.62. The molecule has 0 spiro atoms. The lowest BCUT2D eigenvalue weighted by Gasteiger charge is -2.38. The highest BCUT2D eigenvalue weighted by molar-refractivity contribution is 8.00. The second-order valence-corrected chi connectivity index (χ2v) is 8.39. The number of carbonyl (C=O) groups excluding carboxylic acids is 2. The number of thioether (sulfide) groups is 1. The molecule has 0 aliphatic carbocycles. The maximum Gasteiger partial charge on any atom is 0.308 e. The van der Waals surface area contributed by atoms with Crippen LogP contribution in [0.5, 0.6) is 5.75 Å². The van der Waals surface area contributed by atoms with Gasteiger partial charge in [-0.25, -0.2) is 4.98 Å². The first kappa shape index (κ1) is 19.9. The van der Waals surface area contributed by atoms with Crippen molar-refractivity contribution in [3.8, 4) is 5.75 Å². The molecule has 3 heterocycles. The van der Waals surface area contributed by atoms with Crippen LogP contribution in [0.4, 0.5) is 0 Å². The van der Waals surface area contributed by atoms with Crippen molar-refractivity contribution in [3.63, 3.8) is 0 Å². The van der Waals surface area contributed by atoms with E-state index in [0.717, 1.165) is 24.4 Å². The molecule has 1 saturated heterocycles. The second kappa shape index (κ2) is 8.16. The third-order valence-electron chi connectivity index (χ3n) is 5.57. The van der Waals surface area contributed by atoms with E-state index in [1.165, 1.54) is 23.6 Å².